The van der Waals surface area contributed by atoms with Crippen LogP contribution in [-0.4, -0.2) is 58.6 Å². The van der Waals surface area contributed by atoms with Gasteiger partial charge in [0.05, 0.1) is 17.1 Å². The topological polar surface area (TPSA) is 171 Å². The van der Waals surface area contributed by atoms with Crippen LogP contribution in [0.1, 0.15) is 85.0 Å². The van der Waals surface area contributed by atoms with Crippen LogP contribution in [0.3, 0.4) is 0 Å². The molecule has 10 nitrogen and oxygen atoms in total. The van der Waals surface area contributed by atoms with E-state index in [2.05, 4.69) is 16.0 Å². The largest absolute Gasteiger partial charge is 0.481 e. The predicted octanol–water partition coefficient (Wildman–Crippen LogP) is 3.36. The van der Waals surface area contributed by atoms with Gasteiger partial charge >= 0.3 is 5.97 Å². The Hall–Kier alpha value is -2.85. The summed E-state index contributed by atoms with van der Waals surface area (Å²) in [7, 11) is 0. The Bertz CT molecular complexity index is 873. The molecule has 0 aromatic heterocycles. The maximum Gasteiger partial charge on any atom is 0.305 e. The summed E-state index contributed by atoms with van der Waals surface area (Å²) in [6.07, 6.45) is 0.737. The molecule has 37 heavy (non-hydrogen) atoms. The molecule has 1 aromatic rings. The molecule has 3 amide bonds. The van der Waals surface area contributed by atoms with Crippen molar-refractivity contribution in [2.75, 3.05) is 12.3 Å². The van der Waals surface area contributed by atoms with E-state index in [0.717, 1.165) is 0 Å². The second-order valence-electron chi connectivity index (χ2n) is 9.18. The van der Waals surface area contributed by atoms with Crippen molar-refractivity contribution in [1.29, 1.82) is 0 Å². The smallest absolute Gasteiger partial charge is 0.305 e. The highest BCUT2D eigenvalue weighted by Gasteiger charge is 2.35. The number of rotatable bonds is 10. The lowest BCUT2D eigenvalue weighted by Crippen LogP contribution is -2.58. The van der Waals surface area contributed by atoms with Crippen LogP contribution in [0.15, 0.2) is 18.2 Å². The van der Waals surface area contributed by atoms with Crippen molar-refractivity contribution in [3.63, 3.8) is 0 Å². The number of benzene rings is 1. The lowest BCUT2D eigenvalue weighted by atomic mass is 9.85. The minimum atomic E-state index is -1.04. The molecule has 212 valence electrons. The highest BCUT2D eigenvalue weighted by Crippen LogP contribution is 2.22. The van der Waals surface area contributed by atoms with Gasteiger partial charge in [0.2, 0.25) is 11.8 Å². The summed E-state index contributed by atoms with van der Waals surface area (Å²) >= 11 is 5.99. The number of carbonyl (C=O) groups is 4. The molecular weight excluding hydrogens is 500 g/mol. The van der Waals surface area contributed by atoms with E-state index < -0.39 is 47.2 Å². The number of hydrogen-bond donors (Lipinski definition) is 6. The zero-order valence-electron chi connectivity index (χ0n) is 23.3. The average Bonchev–Trinajstić information content (AvgIpc) is 2.79. The van der Waals surface area contributed by atoms with E-state index in [9.17, 15) is 19.2 Å². The summed E-state index contributed by atoms with van der Waals surface area (Å²) < 4.78 is 0. The maximum atomic E-state index is 13.1. The number of carboxylic acid groups (broad SMARTS) is 1. The molecule has 0 fully saturated rings. The number of nitrogens with two attached hydrogens (primary N) is 1. The van der Waals surface area contributed by atoms with Gasteiger partial charge in [0.1, 0.15) is 12.1 Å². The number of nitrogen functional groups attached to an aromatic ring is 1. The van der Waals surface area contributed by atoms with E-state index in [1.54, 1.807) is 34.6 Å². The van der Waals surface area contributed by atoms with Crippen LogP contribution in [-0.2, 0) is 14.4 Å². The van der Waals surface area contributed by atoms with Gasteiger partial charge < -0.3 is 31.9 Å². The van der Waals surface area contributed by atoms with Crippen LogP contribution in [0.5, 0.6) is 0 Å². The van der Waals surface area contributed by atoms with Crippen molar-refractivity contribution in [2.24, 2.45) is 5.41 Å². The summed E-state index contributed by atoms with van der Waals surface area (Å²) in [6, 6.07) is 2.02. The second-order valence-corrected chi connectivity index (χ2v) is 9.59. The number of carbonyl (C=O) groups excluding carboxylic acids is 3. The molecule has 11 heteroatoms. The summed E-state index contributed by atoms with van der Waals surface area (Å²) in [6.45, 7) is 14.7. The number of aliphatic hydroxyl groups is 1. The van der Waals surface area contributed by atoms with Gasteiger partial charge in [-0.3, -0.25) is 19.2 Å². The van der Waals surface area contributed by atoms with Gasteiger partial charge in [0.25, 0.3) is 5.91 Å². The number of aliphatic carboxylic acids is 1. The molecule has 0 saturated carbocycles. The van der Waals surface area contributed by atoms with E-state index in [1.807, 2.05) is 20.8 Å². The Balaban J connectivity index is 0. The molecule has 0 heterocycles. The molecule has 3 atom stereocenters. The van der Waals surface area contributed by atoms with E-state index in [4.69, 9.17) is 27.5 Å². The van der Waals surface area contributed by atoms with E-state index in [0.29, 0.717) is 18.5 Å². The molecule has 1 unspecified atom stereocenters. The van der Waals surface area contributed by atoms with Crippen molar-refractivity contribution in [2.45, 2.75) is 92.8 Å². The number of nitrogens with one attached hydrogen (secondary N) is 3. The molecule has 1 rings (SSSR count). The summed E-state index contributed by atoms with van der Waals surface area (Å²) in [4.78, 5) is 49.3. The van der Waals surface area contributed by atoms with Crippen molar-refractivity contribution in [3.8, 4) is 0 Å². The van der Waals surface area contributed by atoms with Gasteiger partial charge in [-0.05, 0) is 43.9 Å². The minimum absolute atomic E-state index is 0.226. The molecule has 0 aliphatic rings. The third-order valence-corrected chi connectivity index (χ3v) is 5.07. The van der Waals surface area contributed by atoms with Gasteiger partial charge in [0, 0.05) is 18.2 Å². The number of carboxylic acids is 1. The van der Waals surface area contributed by atoms with Crippen LogP contribution >= 0.6 is 11.6 Å². The SMILES string of the molecule is CC.CCC[C@H](NC(=O)C(NC(=O)c1ccc(N)c(Cl)c1)C(C)(C)C)C(=O)N[C@H](C)CC(=O)O.CCO. The third-order valence-electron chi connectivity index (χ3n) is 4.75. The molecule has 1 aromatic carbocycles. The van der Waals surface area contributed by atoms with Crippen molar-refractivity contribution >= 4 is 41.0 Å². The number of aliphatic hydroxyl groups excluding tert-OH is 1. The Morgan fingerprint density at radius 2 is 1.57 bits per heavy atom. The van der Waals surface area contributed by atoms with Crippen LogP contribution in [0.25, 0.3) is 0 Å². The maximum absolute atomic E-state index is 13.1. The predicted molar refractivity (Wildman–Crippen MR) is 147 cm³/mol. The van der Waals surface area contributed by atoms with Crippen molar-refractivity contribution < 1.29 is 29.4 Å². The van der Waals surface area contributed by atoms with Crippen LogP contribution in [0.2, 0.25) is 5.02 Å². The Morgan fingerprint density at radius 1 is 1.03 bits per heavy atom. The number of amides is 3. The normalized spacial score (nSPS) is 12.8. The molecule has 0 aliphatic heterocycles. The fourth-order valence-corrected chi connectivity index (χ4v) is 3.21. The first kappa shape index (κ1) is 36.3. The fraction of sp³-hybridized carbons (Fsp3) is 0.615. The van der Waals surface area contributed by atoms with Gasteiger partial charge in [-0.15, -0.1) is 0 Å². The molecular formula is C26H45ClN4O6. The van der Waals surface area contributed by atoms with E-state index in [-0.39, 0.29) is 23.6 Å². The highest BCUT2D eigenvalue weighted by molar-refractivity contribution is 6.33. The summed E-state index contributed by atoms with van der Waals surface area (Å²) in [5.74, 6) is -2.54. The number of halogens is 1. The van der Waals surface area contributed by atoms with Gasteiger partial charge in [0.15, 0.2) is 0 Å². The quantitative estimate of drug-likeness (QED) is 0.245. The van der Waals surface area contributed by atoms with Crippen LogP contribution < -0.4 is 21.7 Å². The first-order valence-corrected chi connectivity index (χ1v) is 12.8. The number of hydrogen-bond acceptors (Lipinski definition) is 6. The summed E-state index contributed by atoms with van der Waals surface area (Å²) in [5, 5.41) is 24.7. The van der Waals surface area contributed by atoms with Crippen molar-refractivity contribution in [3.05, 3.63) is 28.8 Å². The van der Waals surface area contributed by atoms with Gasteiger partial charge in [-0.1, -0.05) is 59.6 Å². The van der Waals surface area contributed by atoms with E-state index >= 15 is 0 Å². The average molecular weight is 545 g/mol. The molecule has 0 spiro atoms. The van der Waals surface area contributed by atoms with Gasteiger partial charge in [-0.2, -0.15) is 0 Å². The molecule has 0 radical (unpaired) electrons. The zero-order valence-corrected chi connectivity index (χ0v) is 24.0. The number of anilines is 1. The van der Waals surface area contributed by atoms with E-state index in [1.165, 1.54) is 18.2 Å². The zero-order chi connectivity index (χ0) is 29.3. The Morgan fingerprint density at radius 3 is 2.00 bits per heavy atom. The molecule has 0 bridgehead atoms. The van der Waals surface area contributed by atoms with Crippen molar-refractivity contribution in [1.82, 2.24) is 16.0 Å². The fourth-order valence-electron chi connectivity index (χ4n) is 3.03. The van der Waals surface area contributed by atoms with Crippen LogP contribution in [0.4, 0.5) is 5.69 Å². The Kier molecular flexibility index (Phi) is 18.1. The first-order valence-electron chi connectivity index (χ1n) is 12.5. The summed E-state index contributed by atoms with van der Waals surface area (Å²) in [5.41, 5.74) is 5.60. The third kappa shape index (κ3) is 14.5. The molecule has 0 saturated heterocycles. The molecule has 0 aliphatic carbocycles. The van der Waals surface area contributed by atoms with Crippen LogP contribution in [0, 0.1) is 5.41 Å². The lowest BCUT2D eigenvalue weighted by molar-refractivity contribution is -0.138. The second kappa shape index (κ2) is 18.4. The van der Waals surface area contributed by atoms with Gasteiger partial charge in [-0.25, -0.2) is 0 Å². The first-order chi connectivity index (χ1) is 17.2. The Labute approximate surface area is 225 Å². The molecule has 7 N–H and O–H groups in total. The minimum Gasteiger partial charge on any atom is -0.481 e. The standard InChI is InChI=1S/C22H33ClN4O5.C2H6O.C2H6/c1-6-7-16(20(31)25-12(2)10-17(28)29)26-21(32)18(22(3,4)5)27-19(30)13-8-9-15(24)14(23)11-13;1-2-3;1-2/h8-9,11-12,16,18H,6-7,10,24H2,1-5H3,(H,25,31)(H,26,32)(H,27,30)(H,28,29);3H,2H2,1H3;1-2H3/t12-,16+,18?;;/m1../s1. The lowest BCUT2D eigenvalue weighted by Gasteiger charge is -2.32. The monoisotopic (exact) mass is 544 g/mol. The highest BCUT2D eigenvalue weighted by atomic mass is 35.5.